The van der Waals surface area contributed by atoms with Crippen molar-refractivity contribution in [3.05, 3.63) is 72.6 Å². The normalized spacial score (nSPS) is 10.2. The van der Waals surface area contributed by atoms with Crippen LogP contribution in [0.5, 0.6) is 5.75 Å². The van der Waals surface area contributed by atoms with Gasteiger partial charge in [0, 0.05) is 24.6 Å². The van der Waals surface area contributed by atoms with Crippen LogP contribution in [0.25, 0.3) is 0 Å². The molecule has 3 rings (SSSR count). The van der Waals surface area contributed by atoms with Gasteiger partial charge in [-0.1, -0.05) is 30.3 Å². The van der Waals surface area contributed by atoms with Gasteiger partial charge in [-0.15, -0.1) is 0 Å². The minimum atomic E-state index is -0.288. The fraction of sp³-hybridized carbons (Fsp3) is 0.150. The Morgan fingerprint density at radius 2 is 1.69 bits per heavy atom. The Hall–Kier alpha value is -3.41. The zero-order valence-corrected chi connectivity index (χ0v) is 14.7. The molecule has 3 aromatic rings. The van der Waals surface area contributed by atoms with Gasteiger partial charge in [0.25, 0.3) is 5.91 Å². The predicted molar refractivity (Wildman–Crippen MR) is 102 cm³/mol. The number of hydrogen-bond acceptors (Lipinski definition) is 5. The SMILES string of the molecule is CCN(c1ccccc1)c1ncc(C(=O)Nc2ccccc2OC)cn1. The largest absolute Gasteiger partial charge is 0.495 e. The molecule has 0 aliphatic carbocycles. The van der Waals surface area contributed by atoms with E-state index in [1.165, 1.54) is 12.4 Å². The van der Waals surface area contributed by atoms with Gasteiger partial charge >= 0.3 is 0 Å². The Bertz CT molecular complexity index is 866. The fourth-order valence-electron chi connectivity index (χ4n) is 2.57. The lowest BCUT2D eigenvalue weighted by Gasteiger charge is -2.20. The van der Waals surface area contributed by atoms with Crippen LogP contribution >= 0.6 is 0 Å². The minimum Gasteiger partial charge on any atom is -0.495 e. The molecule has 0 spiro atoms. The Morgan fingerprint density at radius 3 is 2.35 bits per heavy atom. The third-order valence-electron chi connectivity index (χ3n) is 3.88. The molecule has 0 atom stereocenters. The van der Waals surface area contributed by atoms with Crippen LogP contribution in [0.2, 0.25) is 0 Å². The van der Waals surface area contributed by atoms with Crippen molar-refractivity contribution in [2.24, 2.45) is 0 Å². The first kappa shape index (κ1) is 17.4. The molecule has 0 saturated carbocycles. The summed E-state index contributed by atoms with van der Waals surface area (Å²) in [5.74, 6) is 0.857. The number of nitrogens with one attached hydrogen (secondary N) is 1. The van der Waals surface area contributed by atoms with Crippen LogP contribution in [-0.4, -0.2) is 29.5 Å². The van der Waals surface area contributed by atoms with Crippen molar-refractivity contribution in [3.63, 3.8) is 0 Å². The number of nitrogens with zero attached hydrogens (tertiary/aromatic N) is 3. The van der Waals surface area contributed by atoms with Gasteiger partial charge in [0.15, 0.2) is 0 Å². The molecule has 0 radical (unpaired) electrons. The second-order valence-corrected chi connectivity index (χ2v) is 5.51. The van der Waals surface area contributed by atoms with Crippen LogP contribution in [0.1, 0.15) is 17.3 Å². The molecule has 1 aromatic heterocycles. The topological polar surface area (TPSA) is 67.4 Å². The van der Waals surface area contributed by atoms with Crippen molar-refractivity contribution in [1.82, 2.24) is 9.97 Å². The molecule has 0 saturated heterocycles. The number of rotatable bonds is 6. The summed E-state index contributed by atoms with van der Waals surface area (Å²) < 4.78 is 5.24. The summed E-state index contributed by atoms with van der Waals surface area (Å²) in [6.07, 6.45) is 3.05. The maximum Gasteiger partial charge on any atom is 0.258 e. The van der Waals surface area contributed by atoms with Gasteiger partial charge < -0.3 is 15.0 Å². The summed E-state index contributed by atoms with van der Waals surface area (Å²) in [5, 5.41) is 2.81. The highest BCUT2D eigenvalue weighted by atomic mass is 16.5. The maximum atomic E-state index is 12.4. The van der Waals surface area contributed by atoms with Gasteiger partial charge in [0.2, 0.25) is 5.95 Å². The van der Waals surface area contributed by atoms with Crippen molar-refractivity contribution < 1.29 is 9.53 Å². The predicted octanol–water partition coefficient (Wildman–Crippen LogP) is 3.90. The molecule has 0 unspecified atom stereocenters. The van der Waals surface area contributed by atoms with E-state index in [1.807, 2.05) is 54.3 Å². The van der Waals surface area contributed by atoms with Gasteiger partial charge in [0.1, 0.15) is 5.75 Å². The summed E-state index contributed by atoms with van der Waals surface area (Å²) in [6, 6.07) is 17.1. The standard InChI is InChI=1S/C20H20N4O2/c1-3-24(16-9-5-4-6-10-16)20-21-13-15(14-22-20)19(25)23-17-11-7-8-12-18(17)26-2/h4-14H,3H2,1-2H3,(H,23,25). The van der Waals surface area contributed by atoms with Crippen LogP contribution in [0, 0.1) is 0 Å². The third-order valence-corrected chi connectivity index (χ3v) is 3.88. The molecule has 0 aliphatic rings. The van der Waals surface area contributed by atoms with Gasteiger partial charge in [-0.05, 0) is 31.2 Å². The number of carbonyl (C=O) groups excluding carboxylic acids is 1. The first-order valence-electron chi connectivity index (χ1n) is 8.32. The van der Waals surface area contributed by atoms with E-state index < -0.39 is 0 Å². The van der Waals surface area contributed by atoms with Gasteiger partial charge in [-0.2, -0.15) is 0 Å². The van der Waals surface area contributed by atoms with Crippen LogP contribution in [0.15, 0.2) is 67.0 Å². The van der Waals surface area contributed by atoms with Gasteiger partial charge in [-0.3, -0.25) is 4.79 Å². The molecule has 1 N–H and O–H groups in total. The molecule has 132 valence electrons. The quantitative estimate of drug-likeness (QED) is 0.732. The van der Waals surface area contributed by atoms with Gasteiger partial charge in [-0.25, -0.2) is 9.97 Å². The number of aromatic nitrogens is 2. The minimum absolute atomic E-state index is 0.288. The summed E-state index contributed by atoms with van der Waals surface area (Å²) in [6.45, 7) is 2.75. The van der Waals surface area contributed by atoms with E-state index in [9.17, 15) is 4.79 Å². The second-order valence-electron chi connectivity index (χ2n) is 5.51. The summed E-state index contributed by atoms with van der Waals surface area (Å²) in [7, 11) is 1.56. The van der Waals surface area contributed by atoms with E-state index in [-0.39, 0.29) is 5.91 Å². The number of methoxy groups -OCH3 is 1. The highest BCUT2D eigenvalue weighted by Gasteiger charge is 2.13. The van der Waals surface area contributed by atoms with Gasteiger partial charge in [0.05, 0.1) is 18.4 Å². The molecule has 6 nitrogen and oxygen atoms in total. The fourth-order valence-corrected chi connectivity index (χ4v) is 2.57. The number of hydrogen-bond donors (Lipinski definition) is 1. The zero-order chi connectivity index (χ0) is 18.4. The summed E-state index contributed by atoms with van der Waals surface area (Å²) >= 11 is 0. The first-order valence-corrected chi connectivity index (χ1v) is 8.32. The van der Waals surface area contributed by atoms with Crippen molar-refractivity contribution in [1.29, 1.82) is 0 Å². The molecule has 0 fully saturated rings. The van der Waals surface area contributed by atoms with E-state index in [4.69, 9.17) is 4.74 Å². The lowest BCUT2D eigenvalue weighted by Crippen LogP contribution is -2.20. The van der Waals surface area contributed by atoms with E-state index >= 15 is 0 Å². The first-order chi connectivity index (χ1) is 12.7. The molecule has 1 heterocycles. The number of benzene rings is 2. The third kappa shape index (κ3) is 3.80. The molecule has 0 bridgehead atoms. The Labute approximate surface area is 152 Å². The number of anilines is 3. The van der Waals surface area contributed by atoms with Crippen LogP contribution in [-0.2, 0) is 0 Å². The van der Waals surface area contributed by atoms with Crippen molar-refractivity contribution >= 4 is 23.2 Å². The average Bonchev–Trinajstić information content (AvgIpc) is 2.70. The Morgan fingerprint density at radius 1 is 1.04 bits per heavy atom. The van der Waals surface area contributed by atoms with Crippen molar-refractivity contribution in [2.75, 3.05) is 23.9 Å². The van der Waals surface area contributed by atoms with E-state index in [2.05, 4.69) is 15.3 Å². The van der Waals surface area contributed by atoms with Crippen LogP contribution < -0.4 is 15.0 Å². The highest BCUT2D eigenvalue weighted by molar-refractivity contribution is 6.04. The van der Waals surface area contributed by atoms with Crippen LogP contribution in [0.3, 0.4) is 0 Å². The molecule has 0 aliphatic heterocycles. The molecule has 2 aromatic carbocycles. The molecule has 26 heavy (non-hydrogen) atoms. The maximum absolute atomic E-state index is 12.4. The Kier molecular flexibility index (Phi) is 5.43. The Balaban J connectivity index is 1.77. The molecular weight excluding hydrogens is 328 g/mol. The molecular formula is C20H20N4O2. The van der Waals surface area contributed by atoms with E-state index in [1.54, 1.807) is 19.2 Å². The zero-order valence-electron chi connectivity index (χ0n) is 14.7. The average molecular weight is 348 g/mol. The number of carbonyl (C=O) groups is 1. The molecule has 6 heteroatoms. The summed E-state index contributed by atoms with van der Waals surface area (Å²) in [4.78, 5) is 23.1. The smallest absolute Gasteiger partial charge is 0.258 e. The monoisotopic (exact) mass is 348 g/mol. The number of amides is 1. The lowest BCUT2D eigenvalue weighted by atomic mass is 10.2. The highest BCUT2D eigenvalue weighted by Crippen LogP contribution is 2.24. The van der Waals surface area contributed by atoms with Crippen molar-refractivity contribution in [3.8, 4) is 5.75 Å². The number of para-hydroxylation sites is 3. The van der Waals surface area contributed by atoms with Crippen LogP contribution in [0.4, 0.5) is 17.3 Å². The lowest BCUT2D eigenvalue weighted by molar-refractivity contribution is 0.102. The summed E-state index contributed by atoms with van der Waals surface area (Å²) in [5.41, 5.74) is 1.98. The second kappa shape index (κ2) is 8.11. The van der Waals surface area contributed by atoms with E-state index in [0.717, 1.165) is 12.2 Å². The molecule has 1 amide bonds. The van der Waals surface area contributed by atoms with Crippen molar-refractivity contribution in [2.45, 2.75) is 6.92 Å². The van der Waals surface area contributed by atoms with E-state index in [0.29, 0.717) is 22.9 Å². The number of ether oxygens (including phenoxy) is 1.